The number of hydrogen-bond acceptors (Lipinski definition) is 3. The van der Waals surface area contributed by atoms with E-state index in [9.17, 15) is 0 Å². The highest BCUT2D eigenvalue weighted by atomic mass is 32.2. The van der Waals surface area contributed by atoms with Crippen LogP contribution in [-0.4, -0.2) is 48.1 Å². The van der Waals surface area contributed by atoms with E-state index in [-0.39, 0.29) is 0 Å². The molecule has 0 aromatic heterocycles. The zero-order chi connectivity index (χ0) is 11.9. The zero-order valence-corrected chi connectivity index (χ0v) is 12.1. The molecule has 2 fully saturated rings. The van der Waals surface area contributed by atoms with Gasteiger partial charge in [-0.3, -0.25) is 4.90 Å². The van der Waals surface area contributed by atoms with E-state index in [0.717, 1.165) is 12.1 Å². The van der Waals surface area contributed by atoms with Gasteiger partial charge in [-0.2, -0.15) is 11.8 Å². The molecule has 1 aliphatic heterocycles. The molecule has 17 heavy (non-hydrogen) atoms. The monoisotopic (exact) mass is 256 g/mol. The number of nitrogens with zero attached hydrogens (tertiary/aromatic N) is 1. The molecule has 1 heterocycles. The molecule has 0 aromatic rings. The number of hydrogen-bond donors (Lipinski definition) is 1. The van der Waals surface area contributed by atoms with Crippen molar-refractivity contribution in [1.29, 1.82) is 0 Å². The highest BCUT2D eigenvalue weighted by molar-refractivity contribution is 7.99. The molecule has 100 valence electrons. The molecule has 0 unspecified atom stereocenters. The maximum atomic E-state index is 3.68. The van der Waals surface area contributed by atoms with Gasteiger partial charge in [-0.05, 0) is 57.4 Å². The molecule has 1 aliphatic carbocycles. The summed E-state index contributed by atoms with van der Waals surface area (Å²) in [4.78, 5) is 2.77. The highest BCUT2D eigenvalue weighted by Crippen LogP contribution is 2.25. The molecule has 2 rings (SSSR count). The van der Waals surface area contributed by atoms with Gasteiger partial charge in [-0.15, -0.1) is 0 Å². The fraction of sp³-hybridized carbons (Fsp3) is 1.00. The van der Waals surface area contributed by atoms with E-state index in [4.69, 9.17) is 0 Å². The third kappa shape index (κ3) is 4.46. The van der Waals surface area contributed by atoms with Gasteiger partial charge < -0.3 is 5.32 Å². The molecule has 0 spiro atoms. The van der Waals surface area contributed by atoms with Gasteiger partial charge in [0.2, 0.25) is 0 Å². The van der Waals surface area contributed by atoms with Gasteiger partial charge >= 0.3 is 0 Å². The summed E-state index contributed by atoms with van der Waals surface area (Å²) >= 11 is 2.14. The summed E-state index contributed by atoms with van der Waals surface area (Å²) in [5, 5.41) is 3.68. The van der Waals surface area contributed by atoms with E-state index in [1.807, 2.05) is 0 Å². The lowest BCUT2D eigenvalue weighted by Crippen LogP contribution is -2.43. The predicted octanol–water partition coefficient (Wildman–Crippen LogP) is 2.74. The Morgan fingerprint density at radius 3 is 2.71 bits per heavy atom. The van der Waals surface area contributed by atoms with Crippen LogP contribution in [0.15, 0.2) is 0 Å². The third-order valence-electron chi connectivity index (χ3n) is 4.15. The minimum Gasteiger partial charge on any atom is -0.314 e. The molecule has 1 saturated carbocycles. The Morgan fingerprint density at radius 1 is 1.12 bits per heavy atom. The maximum Gasteiger partial charge on any atom is 0.00967 e. The van der Waals surface area contributed by atoms with Crippen molar-refractivity contribution < 1.29 is 0 Å². The average Bonchev–Trinajstić information content (AvgIpc) is 2.66. The number of nitrogens with one attached hydrogen (secondary N) is 1. The minimum atomic E-state index is 0.813. The van der Waals surface area contributed by atoms with Gasteiger partial charge in [-0.25, -0.2) is 0 Å². The van der Waals surface area contributed by atoms with Crippen LogP contribution in [0.1, 0.15) is 45.4 Å². The molecular formula is C14H28N2S. The lowest BCUT2D eigenvalue weighted by Gasteiger charge is -2.36. The van der Waals surface area contributed by atoms with Crippen molar-refractivity contribution in [2.45, 2.75) is 57.5 Å². The number of thioether (sulfide) groups is 1. The first-order chi connectivity index (χ1) is 8.40. The topological polar surface area (TPSA) is 15.3 Å². The smallest absolute Gasteiger partial charge is 0.00967 e. The second kappa shape index (κ2) is 7.65. The summed E-state index contributed by atoms with van der Waals surface area (Å²) < 4.78 is 0. The number of rotatable bonds is 4. The molecule has 0 atom stereocenters. The Morgan fingerprint density at radius 2 is 1.94 bits per heavy atom. The summed E-state index contributed by atoms with van der Waals surface area (Å²) in [6, 6.07) is 1.71. The quantitative estimate of drug-likeness (QED) is 0.832. The Balaban J connectivity index is 1.70. The normalized spacial score (nSPS) is 32.3. The zero-order valence-electron chi connectivity index (χ0n) is 11.3. The maximum absolute atomic E-state index is 3.68. The van der Waals surface area contributed by atoms with E-state index in [1.54, 1.807) is 0 Å². The van der Waals surface area contributed by atoms with Crippen LogP contribution in [0, 0.1) is 0 Å². The average molecular weight is 256 g/mol. The molecule has 0 amide bonds. The summed E-state index contributed by atoms with van der Waals surface area (Å²) in [5.41, 5.74) is 0. The first-order valence-corrected chi connectivity index (χ1v) is 8.61. The minimum absolute atomic E-state index is 0.813. The van der Waals surface area contributed by atoms with Gasteiger partial charge in [0.1, 0.15) is 0 Å². The second-order valence-electron chi connectivity index (χ2n) is 5.46. The van der Waals surface area contributed by atoms with Crippen molar-refractivity contribution in [1.82, 2.24) is 10.2 Å². The largest absolute Gasteiger partial charge is 0.314 e. The standard InChI is InChI=1S/C14H28N2S/c1-2-8-15-13-4-6-14(7-5-13)16-9-3-11-17-12-10-16/h13-15H,2-12H2,1H3. The van der Waals surface area contributed by atoms with Crippen LogP contribution in [0.5, 0.6) is 0 Å². The van der Waals surface area contributed by atoms with E-state index < -0.39 is 0 Å². The summed E-state index contributed by atoms with van der Waals surface area (Å²) in [6.07, 6.45) is 8.31. The fourth-order valence-electron chi connectivity index (χ4n) is 3.12. The van der Waals surface area contributed by atoms with Crippen molar-refractivity contribution in [3.8, 4) is 0 Å². The third-order valence-corrected chi connectivity index (χ3v) is 5.20. The molecule has 2 aliphatic rings. The molecule has 0 radical (unpaired) electrons. The van der Waals surface area contributed by atoms with Crippen LogP contribution in [-0.2, 0) is 0 Å². The molecule has 1 saturated heterocycles. The van der Waals surface area contributed by atoms with Gasteiger partial charge in [-0.1, -0.05) is 6.92 Å². The van der Waals surface area contributed by atoms with E-state index in [0.29, 0.717) is 0 Å². The predicted molar refractivity (Wildman–Crippen MR) is 77.9 cm³/mol. The van der Waals surface area contributed by atoms with E-state index in [2.05, 4.69) is 28.9 Å². The van der Waals surface area contributed by atoms with Gasteiger partial charge in [0, 0.05) is 24.4 Å². The van der Waals surface area contributed by atoms with Crippen LogP contribution in [0.2, 0.25) is 0 Å². The lowest BCUT2D eigenvalue weighted by atomic mass is 9.90. The Kier molecular flexibility index (Phi) is 6.16. The van der Waals surface area contributed by atoms with E-state index >= 15 is 0 Å². The van der Waals surface area contributed by atoms with Crippen LogP contribution < -0.4 is 5.32 Å². The summed E-state index contributed by atoms with van der Waals surface area (Å²) in [5.74, 6) is 2.73. The van der Waals surface area contributed by atoms with Crippen LogP contribution in [0.4, 0.5) is 0 Å². The van der Waals surface area contributed by atoms with Crippen LogP contribution >= 0.6 is 11.8 Å². The first kappa shape index (κ1) is 13.7. The Bertz CT molecular complexity index is 194. The van der Waals surface area contributed by atoms with Crippen molar-refractivity contribution in [3.63, 3.8) is 0 Å². The van der Waals surface area contributed by atoms with Crippen molar-refractivity contribution in [2.75, 3.05) is 31.1 Å². The molecule has 2 nitrogen and oxygen atoms in total. The Hall–Kier alpha value is 0.270. The first-order valence-electron chi connectivity index (χ1n) is 7.45. The lowest BCUT2D eigenvalue weighted by molar-refractivity contribution is 0.153. The Labute approximate surface area is 111 Å². The highest BCUT2D eigenvalue weighted by Gasteiger charge is 2.25. The molecule has 3 heteroatoms. The summed E-state index contributed by atoms with van der Waals surface area (Å²) in [6.45, 7) is 6.15. The van der Waals surface area contributed by atoms with Crippen LogP contribution in [0.25, 0.3) is 0 Å². The van der Waals surface area contributed by atoms with Crippen molar-refractivity contribution in [3.05, 3.63) is 0 Å². The second-order valence-corrected chi connectivity index (χ2v) is 6.69. The molecule has 0 bridgehead atoms. The van der Waals surface area contributed by atoms with Gasteiger partial charge in [0.25, 0.3) is 0 Å². The molecule has 1 N–H and O–H groups in total. The van der Waals surface area contributed by atoms with Crippen molar-refractivity contribution >= 4 is 11.8 Å². The SMILES string of the molecule is CCCNC1CCC(N2CCCSCC2)CC1. The van der Waals surface area contributed by atoms with Crippen molar-refractivity contribution in [2.24, 2.45) is 0 Å². The molecular weight excluding hydrogens is 228 g/mol. The fourth-order valence-corrected chi connectivity index (χ4v) is 4.03. The van der Waals surface area contributed by atoms with Gasteiger partial charge in [0.15, 0.2) is 0 Å². The molecule has 0 aromatic carbocycles. The summed E-state index contributed by atoms with van der Waals surface area (Å²) in [7, 11) is 0. The van der Waals surface area contributed by atoms with Crippen LogP contribution in [0.3, 0.4) is 0 Å². The van der Waals surface area contributed by atoms with E-state index in [1.165, 1.54) is 69.7 Å². The van der Waals surface area contributed by atoms with Gasteiger partial charge in [0.05, 0.1) is 0 Å².